The molecule has 2 aromatic rings. The summed E-state index contributed by atoms with van der Waals surface area (Å²) in [4.78, 5) is 9.05. The summed E-state index contributed by atoms with van der Waals surface area (Å²) in [6.45, 7) is -0.508. The van der Waals surface area contributed by atoms with Crippen LogP contribution in [0, 0.1) is 11.3 Å². The van der Waals surface area contributed by atoms with Crippen LogP contribution in [0.5, 0.6) is 0 Å². The van der Waals surface area contributed by atoms with Crippen molar-refractivity contribution in [1.82, 2.24) is 9.97 Å². The maximum absolute atomic E-state index is 10.5. The summed E-state index contributed by atoms with van der Waals surface area (Å²) < 4.78 is 5.66. The fraction of sp³-hybridized carbons (Fsp3) is 0.522. The van der Waals surface area contributed by atoms with Crippen LogP contribution in [0.3, 0.4) is 0 Å². The molecule has 4 N–H and O–H groups in total. The largest absolute Gasteiger partial charge is 0.394 e. The average Bonchev–Trinajstić information content (AvgIpc) is 2.80. The van der Waals surface area contributed by atoms with E-state index in [1.165, 1.54) is 0 Å². The molecule has 0 radical (unpaired) electrons. The van der Waals surface area contributed by atoms with E-state index in [0.717, 1.165) is 72.7 Å². The molecule has 9 heteroatoms. The molecule has 2 aromatic heterocycles. The molecule has 5 atom stereocenters. The highest BCUT2D eigenvalue weighted by molar-refractivity contribution is 7.99. The van der Waals surface area contributed by atoms with Gasteiger partial charge < -0.3 is 25.2 Å². The van der Waals surface area contributed by atoms with E-state index < -0.39 is 36.5 Å². The van der Waals surface area contributed by atoms with Crippen molar-refractivity contribution in [2.45, 2.75) is 73.4 Å². The van der Waals surface area contributed by atoms with Gasteiger partial charge in [-0.15, -0.1) is 0 Å². The van der Waals surface area contributed by atoms with Gasteiger partial charge in [0.1, 0.15) is 40.9 Å². The smallest absolute Gasteiger partial charge is 0.138 e. The van der Waals surface area contributed by atoms with Crippen LogP contribution >= 0.6 is 11.8 Å². The number of nitriles is 1. The Bertz CT molecular complexity index is 982. The summed E-state index contributed by atoms with van der Waals surface area (Å²) in [5.41, 5.74) is 3.00. The first-order chi connectivity index (χ1) is 15.5. The first kappa shape index (κ1) is 23.1. The summed E-state index contributed by atoms with van der Waals surface area (Å²) in [5, 5.41) is 50.7. The topological polar surface area (TPSA) is 140 Å². The first-order valence-electron chi connectivity index (χ1n) is 10.9. The van der Waals surface area contributed by atoms with Gasteiger partial charge in [0.25, 0.3) is 0 Å². The monoisotopic (exact) mass is 457 g/mol. The third-order valence-electron chi connectivity index (χ3n) is 6.08. The van der Waals surface area contributed by atoms with Crippen molar-refractivity contribution in [2.24, 2.45) is 0 Å². The zero-order valence-corrected chi connectivity index (χ0v) is 18.4. The van der Waals surface area contributed by atoms with Crippen LogP contribution in [-0.2, 0) is 17.6 Å². The molecule has 0 amide bonds. The van der Waals surface area contributed by atoms with Gasteiger partial charge in [0.05, 0.1) is 12.2 Å². The molecule has 2 aliphatic rings. The molecule has 170 valence electrons. The van der Waals surface area contributed by atoms with Crippen LogP contribution in [0.1, 0.15) is 42.5 Å². The third kappa shape index (κ3) is 4.53. The van der Waals surface area contributed by atoms with E-state index in [2.05, 4.69) is 11.1 Å². The maximum atomic E-state index is 10.5. The Morgan fingerprint density at radius 1 is 1.09 bits per heavy atom. The lowest BCUT2D eigenvalue weighted by molar-refractivity contribution is -0.205. The first-order valence-corrected chi connectivity index (χ1v) is 11.8. The lowest BCUT2D eigenvalue weighted by atomic mass is 9.89. The van der Waals surface area contributed by atoms with Gasteiger partial charge >= 0.3 is 0 Å². The van der Waals surface area contributed by atoms with Crippen molar-refractivity contribution in [1.29, 1.82) is 5.26 Å². The number of fused-ring (bicyclic) bond motifs is 1. The highest BCUT2D eigenvalue weighted by Gasteiger charge is 2.44. The van der Waals surface area contributed by atoms with E-state index in [-0.39, 0.29) is 0 Å². The minimum atomic E-state index is -1.48. The number of nitrogens with zero attached hydrogens (tertiary/aromatic N) is 3. The van der Waals surface area contributed by atoms with Crippen molar-refractivity contribution in [2.75, 3.05) is 6.61 Å². The van der Waals surface area contributed by atoms with Crippen LogP contribution < -0.4 is 0 Å². The molecule has 32 heavy (non-hydrogen) atoms. The maximum Gasteiger partial charge on any atom is 0.138 e. The zero-order valence-electron chi connectivity index (χ0n) is 17.6. The summed E-state index contributed by atoms with van der Waals surface area (Å²) in [5.74, 6) is 0. The van der Waals surface area contributed by atoms with E-state index >= 15 is 0 Å². The minimum Gasteiger partial charge on any atom is -0.394 e. The molecular weight excluding hydrogens is 430 g/mol. The van der Waals surface area contributed by atoms with E-state index in [4.69, 9.17) is 9.72 Å². The van der Waals surface area contributed by atoms with Crippen molar-refractivity contribution in [3.8, 4) is 17.2 Å². The Labute approximate surface area is 190 Å². The Morgan fingerprint density at radius 2 is 1.88 bits per heavy atom. The number of pyridine rings is 2. The summed E-state index contributed by atoms with van der Waals surface area (Å²) >= 11 is 1.03. The second kappa shape index (κ2) is 10.3. The normalized spacial score (nSPS) is 28.3. The summed E-state index contributed by atoms with van der Waals surface area (Å²) in [6.07, 6.45) is 3.98. The molecule has 0 aromatic carbocycles. The van der Waals surface area contributed by atoms with Crippen LogP contribution in [0.15, 0.2) is 29.6 Å². The van der Waals surface area contributed by atoms with Crippen LogP contribution in [-0.4, -0.2) is 66.9 Å². The fourth-order valence-electron chi connectivity index (χ4n) is 4.36. The Morgan fingerprint density at radius 3 is 2.56 bits per heavy atom. The van der Waals surface area contributed by atoms with Gasteiger partial charge in [-0.25, -0.2) is 4.98 Å². The van der Waals surface area contributed by atoms with Gasteiger partial charge in [-0.05, 0) is 37.3 Å². The number of hydrogen-bond acceptors (Lipinski definition) is 9. The van der Waals surface area contributed by atoms with Crippen molar-refractivity contribution >= 4 is 11.8 Å². The van der Waals surface area contributed by atoms with Gasteiger partial charge in [0.2, 0.25) is 0 Å². The molecule has 3 heterocycles. The fourth-order valence-corrected chi connectivity index (χ4v) is 5.51. The predicted molar refractivity (Wildman–Crippen MR) is 118 cm³/mol. The van der Waals surface area contributed by atoms with Gasteiger partial charge in [-0.1, -0.05) is 30.7 Å². The average molecular weight is 458 g/mol. The molecule has 0 bridgehead atoms. The van der Waals surface area contributed by atoms with Crippen LogP contribution in [0.2, 0.25) is 0 Å². The molecule has 0 spiro atoms. The zero-order chi connectivity index (χ0) is 22.7. The number of aliphatic hydroxyl groups is 4. The molecule has 1 fully saturated rings. The van der Waals surface area contributed by atoms with Crippen LogP contribution in [0.4, 0.5) is 0 Å². The quantitative estimate of drug-likeness (QED) is 0.538. The number of thioether (sulfide) groups is 1. The Balaban J connectivity index is 1.80. The van der Waals surface area contributed by atoms with E-state index in [1.54, 1.807) is 12.4 Å². The number of aromatic nitrogens is 2. The minimum absolute atomic E-state index is 0.374. The third-order valence-corrected chi connectivity index (χ3v) is 7.22. The van der Waals surface area contributed by atoms with Crippen molar-refractivity contribution in [3.63, 3.8) is 0 Å². The van der Waals surface area contributed by atoms with E-state index in [1.807, 2.05) is 12.1 Å². The standard InChI is InChI=1S/C23H27N3O5S/c24-10-15-18(13-6-5-9-25-11-13)14-7-3-1-2-4-8-16(14)26-22(15)32-23-21(30)20(29)19(28)17(12-27)31-23/h5-6,9,11,17,19-21,23,27-30H,1-4,7-8,12H2/t17-,19-,20+,21-,23+/m1/s1. The van der Waals surface area contributed by atoms with Crippen LogP contribution in [0.25, 0.3) is 11.1 Å². The van der Waals surface area contributed by atoms with E-state index in [9.17, 15) is 25.7 Å². The number of hydrogen-bond donors (Lipinski definition) is 4. The molecule has 4 rings (SSSR count). The SMILES string of the molecule is N#Cc1c(S[C@@H]2O[C@H](CO)[C@@H](O)[C@H](O)[C@H]2O)nc2c(c1-c1cccnc1)CCCCCC2. The number of aryl methyl sites for hydroxylation is 1. The summed E-state index contributed by atoms with van der Waals surface area (Å²) in [7, 11) is 0. The molecular formula is C23H27N3O5S. The lowest BCUT2D eigenvalue weighted by Crippen LogP contribution is -2.57. The Kier molecular flexibility index (Phi) is 7.40. The number of ether oxygens (including phenoxy) is 1. The van der Waals surface area contributed by atoms with Gasteiger partial charge in [-0.2, -0.15) is 5.26 Å². The van der Waals surface area contributed by atoms with Crippen molar-refractivity contribution < 1.29 is 25.2 Å². The molecule has 1 saturated heterocycles. The van der Waals surface area contributed by atoms with E-state index in [0.29, 0.717) is 10.6 Å². The molecule has 8 nitrogen and oxygen atoms in total. The predicted octanol–water partition coefficient (Wildman–Crippen LogP) is 1.57. The molecule has 1 aliphatic carbocycles. The highest BCUT2D eigenvalue weighted by Crippen LogP contribution is 2.40. The second-order valence-electron chi connectivity index (χ2n) is 8.18. The second-order valence-corrected chi connectivity index (χ2v) is 9.26. The highest BCUT2D eigenvalue weighted by atomic mass is 32.2. The lowest BCUT2D eigenvalue weighted by Gasteiger charge is -2.39. The number of rotatable bonds is 4. The molecule has 0 unspecified atom stereocenters. The summed E-state index contributed by atoms with van der Waals surface area (Å²) in [6, 6.07) is 6.04. The Hall–Kier alpha value is -2.06. The van der Waals surface area contributed by atoms with Crippen molar-refractivity contribution in [3.05, 3.63) is 41.3 Å². The van der Waals surface area contributed by atoms with Gasteiger partial charge in [0.15, 0.2) is 0 Å². The van der Waals surface area contributed by atoms with Gasteiger partial charge in [0, 0.05) is 29.2 Å². The molecule has 0 saturated carbocycles. The van der Waals surface area contributed by atoms with Gasteiger partial charge in [-0.3, -0.25) is 4.98 Å². The number of aliphatic hydroxyl groups excluding tert-OH is 4. The molecule has 1 aliphatic heterocycles.